The molecule has 0 spiro atoms. The number of nitrogens with one attached hydrogen (secondary N) is 2. The first-order chi connectivity index (χ1) is 9.88. The van der Waals surface area contributed by atoms with Crippen LogP contribution in [0.5, 0.6) is 0 Å². The first-order valence-electron chi connectivity index (χ1n) is 6.50. The third-order valence-corrected chi connectivity index (χ3v) is 2.77. The van der Waals surface area contributed by atoms with Gasteiger partial charge in [-0.05, 0) is 12.5 Å². The lowest BCUT2D eigenvalue weighted by atomic mass is 10.1. The van der Waals surface area contributed by atoms with Crippen LogP contribution in [-0.2, 0) is 16.0 Å². The van der Waals surface area contributed by atoms with E-state index in [1.807, 2.05) is 6.07 Å². The van der Waals surface area contributed by atoms with Crippen LogP contribution in [0.15, 0.2) is 30.3 Å². The van der Waals surface area contributed by atoms with Gasteiger partial charge in [-0.2, -0.15) is 0 Å². The second-order valence-corrected chi connectivity index (χ2v) is 4.77. The van der Waals surface area contributed by atoms with E-state index in [0.29, 0.717) is 0 Å². The van der Waals surface area contributed by atoms with E-state index in [9.17, 15) is 14.4 Å². The predicted molar refractivity (Wildman–Crippen MR) is 76.5 cm³/mol. The molecule has 1 aromatic carbocycles. The van der Waals surface area contributed by atoms with Crippen molar-refractivity contribution < 1.29 is 19.5 Å². The van der Waals surface area contributed by atoms with Gasteiger partial charge in [-0.25, -0.2) is 9.59 Å². The number of nitrogens with two attached hydrogens (primary N) is 1. The maximum atomic E-state index is 11.7. The molecule has 2 atom stereocenters. The minimum Gasteiger partial charge on any atom is -0.480 e. The van der Waals surface area contributed by atoms with Crippen LogP contribution in [0.4, 0.5) is 4.79 Å². The van der Waals surface area contributed by atoms with E-state index in [1.54, 1.807) is 31.2 Å². The molecule has 0 heterocycles. The van der Waals surface area contributed by atoms with Crippen LogP contribution in [-0.4, -0.2) is 35.1 Å². The second kappa shape index (κ2) is 7.88. The number of hydrogen-bond acceptors (Lipinski definition) is 3. The Bertz CT molecular complexity index is 504. The van der Waals surface area contributed by atoms with Gasteiger partial charge in [0.15, 0.2) is 0 Å². The van der Waals surface area contributed by atoms with Crippen molar-refractivity contribution in [1.82, 2.24) is 10.6 Å². The molecule has 1 aromatic rings. The number of carbonyl (C=O) groups excluding carboxylic acids is 2. The van der Waals surface area contributed by atoms with E-state index in [1.165, 1.54) is 0 Å². The summed E-state index contributed by atoms with van der Waals surface area (Å²) in [5.74, 6) is -1.67. The zero-order valence-corrected chi connectivity index (χ0v) is 11.7. The summed E-state index contributed by atoms with van der Waals surface area (Å²) in [6.45, 7) is 1.61. The van der Waals surface area contributed by atoms with Crippen molar-refractivity contribution in [3.63, 3.8) is 0 Å². The Morgan fingerprint density at radius 1 is 1.19 bits per heavy atom. The third kappa shape index (κ3) is 6.42. The molecular formula is C14H19N3O4. The van der Waals surface area contributed by atoms with E-state index in [2.05, 4.69) is 10.6 Å². The molecule has 114 valence electrons. The summed E-state index contributed by atoms with van der Waals surface area (Å²) < 4.78 is 0. The number of carboxylic acids is 1. The van der Waals surface area contributed by atoms with E-state index < -0.39 is 30.0 Å². The number of amides is 3. The fourth-order valence-electron chi connectivity index (χ4n) is 1.83. The lowest BCUT2D eigenvalue weighted by Crippen LogP contribution is -2.49. The minimum atomic E-state index is -1.13. The first-order valence-corrected chi connectivity index (χ1v) is 6.50. The average Bonchev–Trinajstić information content (AvgIpc) is 2.37. The van der Waals surface area contributed by atoms with Crippen molar-refractivity contribution in [1.29, 1.82) is 0 Å². The smallest absolute Gasteiger partial charge is 0.326 e. The SMILES string of the molecule is CC(CC(N)=O)NC(=O)N[C@@H](Cc1ccccc1)C(=O)O. The topological polar surface area (TPSA) is 122 Å². The van der Waals surface area contributed by atoms with Gasteiger partial charge in [0.25, 0.3) is 0 Å². The Hall–Kier alpha value is -2.57. The number of rotatable bonds is 7. The summed E-state index contributed by atoms with van der Waals surface area (Å²) in [7, 11) is 0. The number of carboxylic acid groups (broad SMARTS) is 1. The number of primary amides is 1. The van der Waals surface area contributed by atoms with Crippen molar-refractivity contribution in [2.45, 2.75) is 31.8 Å². The fraction of sp³-hybridized carbons (Fsp3) is 0.357. The molecule has 0 saturated heterocycles. The van der Waals surface area contributed by atoms with Gasteiger partial charge < -0.3 is 21.5 Å². The van der Waals surface area contributed by atoms with E-state index in [0.717, 1.165) is 5.56 Å². The Kier molecular flexibility index (Phi) is 6.19. The fourth-order valence-corrected chi connectivity index (χ4v) is 1.83. The van der Waals surface area contributed by atoms with E-state index in [4.69, 9.17) is 10.8 Å². The van der Waals surface area contributed by atoms with Crippen LogP contribution in [0, 0.1) is 0 Å². The lowest BCUT2D eigenvalue weighted by Gasteiger charge is -2.17. The summed E-state index contributed by atoms with van der Waals surface area (Å²) in [5, 5.41) is 14.0. The maximum absolute atomic E-state index is 11.7. The number of benzene rings is 1. The monoisotopic (exact) mass is 293 g/mol. The zero-order valence-electron chi connectivity index (χ0n) is 11.7. The molecule has 7 heteroatoms. The summed E-state index contributed by atoms with van der Waals surface area (Å²) in [6.07, 6.45) is 0.164. The summed E-state index contributed by atoms with van der Waals surface area (Å²) in [5.41, 5.74) is 5.82. The standard InChI is InChI=1S/C14H19N3O4/c1-9(7-12(15)18)16-14(21)17-11(13(19)20)8-10-5-3-2-4-6-10/h2-6,9,11H,7-8H2,1H3,(H2,15,18)(H,19,20)(H2,16,17,21)/t9?,11-/m0/s1. The van der Waals surface area contributed by atoms with Gasteiger partial charge in [-0.1, -0.05) is 30.3 Å². The average molecular weight is 293 g/mol. The van der Waals surface area contributed by atoms with Crippen LogP contribution < -0.4 is 16.4 Å². The van der Waals surface area contributed by atoms with Gasteiger partial charge in [0, 0.05) is 18.9 Å². The Morgan fingerprint density at radius 3 is 2.33 bits per heavy atom. The number of aliphatic carboxylic acids is 1. The van der Waals surface area contributed by atoms with Crippen molar-refractivity contribution in [3.05, 3.63) is 35.9 Å². The second-order valence-electron chi connectivity index (χ2n) is 4.77. The molecule has 0 radical (unpaired) electrons. The molecular weight excluding hydrogens is 274 g/mol. The van der Waals surface area contributed by atoms with Crippen molar-refractivity contribution in [2.75, 3.05) is 0 Å². The quantitative estimate of drug-likeness (QED) is 0.575. The zero-order chi connectivity index (χ0) is 15.8. The Morgan fingerprint density at radius 2 is 1.81 bits per heavy atom. The molecule has 0 aliphatic carbocycles. The molecule has 1 rings (SSSR count). The number of urea groups is 1. The highest BCUT2D eigenvalue weighted by molar-refractivity contribution is 5.83. The Balaban J connectivity index is 2.56. The van der Waals surface area contributed by atoms with Crippen LogP contribution in [0.3, 0.4) is 0 Å². The predicted octanol–water partition coefficient (Wildman–Crippen LogP) is 0.245. The molecule has 0 saturated carbocycles. The molecule has 3 amide bonds. The van der Waals surface area contributed by atoms with E-state index in [-0.39, 0.29) is 12.8 Å². The number of hydrogen-bond donors (Lipinski definition) is 4. The van der Waals surface area contributed by atoms with Crippen LogP contribution >= 0.6 is 0 Å². The largest absolute Gasteiger partial charge is 0.480 e. The highest BCUT2D eigenvalue weighted by Gasteiger charge is 2.21. The van der Waals surface area contributed by atoms with Gasteiger partial charge in [0.2, 0.25) is 5.91 Å². The molecule has 1 unspecified atom stereocenters. The van der Waals surface area contributed by atoms with Gasteiger partial charge in [0.05, 0.1) is 0 Å². The summed E-state index contributed by atoms with van der Waals surface area (Å²) in [6, 6.07) is 6.82. The van der Waals surface area contributed by atoms with Gasteiger partial charge in [0.1, 0.15) is 6.04 Å². The Labute approximate surface area is 122 Å². The van der Waals surface area contributed by atoms with Crippen molar-refractivity contribution in [3.8, 4) is 0 Å². The van der Waals surface area contributed by atoms with Gasteiger partial charge >= 0.3 is 12.0 Å². The molecule has 0 bridgehead atoms. The minimum absolute atomic E-state index is 0.0101. The van der Waals surface area contributed by atoms with Crippen molar-refractivity contribution >= 4 is 17.9 Å². The van der Waals surface area contributed by atoms with Crippen LogP contribution in [0.2, 0.25) is 0 Å². The molecule has 21 heavy (non-hydrogen) atoms. The number of carbonyl (C=O) groups is 3. The molecule has 0 fully saturated rings. The first kappa shape index (κ1) is 16.5. The molecule has 0 aliphatic rings. The van der Waals surface area contributed by atoms with Gasteiger partial charge in [-0.15, -0.1) is 0 Å². The highest BCUT2D eigenvalue weighted by atomic mass is 16.4. The van der Waals surface area contributed by atoms with Gasteiger partial charge in [-0.3, -0.25) is 4.79 Å². The third-order valence-electron chi connectivity index (χ3n) is 2.77. The highest BCUT2D eigenvalue weighted by Crippen LogP contribution is 2.03. The molecule has 0 aromatic heterocycles. The molecule has 0 aliphatic heterocycles. The molecule has 5 N–H and O–H groups in total. The maximum Gasteiger partial charge on any atom is 0.326 e. The molecule has 7 nitrogen and oxygen atoms in total. The normalized spacial score (nSPS) is 13.0. The summed E-state index contributed by atoms with van der Waals surface area (Å²) in [4.78, 5) is 33.6. The lowest BCUT2D eigenvalue weighted by molar-refractivity contribution is -0.139. The van der Waals surface area contributed by atoms with E-state index >= 15 is 0 Å². The van der Waals surface area contributed by atoms with Crippen LogP contribution in [0.1, 0.15) is 18.9 Å². The van der Waals surface area contributed by atoms with Crippen LogP contribution in [0.25, 0.3) is 0 Å². The van der Waals surface area contributed by atoms with Crippen molar-refractivity contribution in [2.24, 2.45) is 5.73 Å². The summed E-state index contributed by atoms with van der Waals surface area (Å²) >= 11 is 0.